The Labute approximate surface area is 157 Å². The number of nitrogens with one attached hydrogen (secondary N) is 2. The Morgan fingerprint density at radius 3 is 2.96 bits per heavy atom. The van der Waals surface area contributed by atoms with Crippen LogP contribution in [0.25, 0.3) is 10.9 Å². The predicted molar refractivity (Wildman–Crippen MR) is 104 cm³/mol. The van der Waals surface area contributed by atoms with Crippen molar-refractivity contribution in [3.05, 3.63) is 53.3 Å². The molecule has 136 valence electrons. The molecule has 0 unspecified atom stereocenters. The fraction of sp³-hybridized carbons (Fsp3) is 0.263. The van der Waals surface area contributed by atoms with E-state index in [0.717, 1.165) is 23.0 Å². The lowest BCUT2D eigenvalue weighted by atomic mass is 10.2. The lowest BCUT2D eigenvalue weighted by molar-refractivity contribution is 0.0949. The van der Waals surface area contributed by atoms with Gasteiger partial charge in [-0.15, -0.1) is 0 Å². The fourth-order valence-corrected chi connectivity index (χ4v) is 2.99. The van der Waals surface area contributed by atoms with Crippen LogP contribution in [0.2, 0.25) is 5.02 Å². The lowest BCUT2D eigenvalue weighted by Gasteiger charge is -2.11. The Morgan fingerprint density at radius 2 is 2.19 bits per heavy atom. The van der Waals surface area contributed by atoms with E-state index < -0.39 is 0 Å². The quantitative estimate of drug-likeness (QED) is 0.620. The number of anilines is 2. The summed E-state index contributed by atoms with van der Waals surface area (Å²) in [5.41, 5.74) is 2.21. The molecule has 3 aromatic rings. The highest BCUT2D eigenvalue weighted by atomic mass is 35.5. The van der Waals surface area contributed by atoms with Gasteiger partial charge >= 0.3 is 0 Å². The maximum Gasteiger partial charge on any atom is 0.255 e. The molecule has 0 aliphatic rings. The molecule has 26 heavy (non-hydrogen) atoms. The van der Waals surface area contributed by atoms with Crippen LogP contribution < -0.4 is 10.6 Å². The minimum Gasteiger partial charge on any atom is -0.385 e. The number of rotatable bonds is 7. The standard InChI is InChI=1S/C19H21ClN4O2/c1-24-9-7-15-17(24)16(19(25)21-8-4-10-26-2)12-22-18(15)23-14-6-3-5-13(20)11-14/h3,5-7,9,11-12H,4,8,10H2,1-2H3,(H,21,25)(H,22,23). The summed E-state index contributed by atoms with van der Waals surface area (Å²) >= 11 is 6.04. The van der Waals surface area contributed by atoms with Crippen molar-refractivity contribution in [2.75, 3.05) is 25.6 Å². The van der Waals surface area contributed by atoms with Crippen LogP contribution >= 0.6 is 11.6 Å². The van der Waals surface area contributed by atoms with Gasteiger partial charge in [-0.05, 0) is 30.7 Å². The van der Waals surface area contributed by atoms with E-state index in [9.17, 15) is 4.79 Å². The molecule has 0 atom stereocenters. The smallest absolute Gasteiger partial charge is 0.255 e. The van der Waals surface area contributed by atoms with E-state index in [2.05, 4.69) is 15.6 Å². The highest BCUT2D eigenvalue weighted by molar-refractivity contribution is 6.30. The van der Waals surface area contributed by atoms with Gasteiger partial charge in [-0.2, -0.15) is 0 Å². The monoisotopic (exact) mass is 372 g/mol. The van der Waals surface area contributed by atoms with Crippen molar-refractivity contribution in [1.82, 2.24) is 14.9 Å². The summed E-state index contributed by atoms with van der Waals surface area (Å²) in [5.74, 6) is 0.536. The third-order valence-corrected chi connectivity index (χ3v) is 4.28. The maximum absolute atomic E-state index is 12.5. The van der Waals surface area contributed by atoms with E-state index >= 15 is 0 Å². The zero-order valence-corrected chi connectivity index (χ0v) is 15.5. The normalized spacial score (nSPS) is 10.9. The number of carbonyl (C=O) groups is 1. The van der Waals surface area contributed by atoms with E-state index in [1.807, 2.05) is 48.1 Å². The molecule has 2 N–H and O–H groups in total. The van der Waals surface area contributed by atoms with Crippen LogP contribution in [0.4, 0.5) is 11.5 Å². The van der Waals surface area contributed by atoms with Gasteiger partial charge in [0.15, 0.2) is 0 Å². The Hall–Kier alpha value is -2.57. The Bertz CT molecular complexity index is 923. The minimum absolute atomic E-state index is 0.144. The largest absolute Gasteiger partial charge is 0.385 e. The number of hydrogen-bond acceptors (Lipinski definition) is 4. The van der Waals surface area contributed by atoms with Gasteiger partial charge in [-0.3, -0.25) is 4.79 Å². The first-order valence-corrected chi connectivity index (χ1v) is 8.71. The first-order chi connectivity index (χ1) is 12.6. The van der Waals surface area contributed by atoms with Crippen LogP contribution in [0.1, 0.15) is 16.8 Å². The van der Waals surface area contributed by atoms with Gasteiger partial charge in [0.25, 0.3) is 5.91 Å². The number of nitrogens with zero attached hydrogens (tertiary/aromatic N) is 2. The molecule has 0 fully saturated rings. The molecule has 2 aromatic heterocycles. The lowest BCUT2D eigenvalue weighted by Crippen LogP contribution is -2.26. The Morgan fingerprint density at radius 1 is 1.35 bits per heavy atom. The molecule has 0 saturated carbocycles. The molecule has 0 radical (unpaired) electrons. The maximum atomic E-state index is 12.5. The molecule has 1 amide bonds. The molecule has 0 aliphatic carbocycles. The molecule has 6 nitrogen and oxygen atoms in total. The topological polar surface area (TPSA) is 68.2 Å². The van der Waals surface area contributed by atoms with Crippen molar-refractivity contribution in [3.63, 3.8) is 0 Å². The molecule has 7 heteroatoms. The third kappa shape index (κ3) is 3.98. The number of aromatic nitrogens is 2. The second-order valence-corrected chi connectivity index (χ2v) is 6.38. The second kappa shape index (κ2) is 8.21. The van der Waals surface area contributed by atoms with Crippen LogP contribution in [-0.4, -0.2) is 35.7 Å². The minimum atomic E-state index is -0.144. The van der Waals surface area contributed by atoms with E-state index in [1.54, 1.807) is 13.3 Å². The number of pyridine rings is 1. The summed E-state index contributed by atoms with van der Waals surface area (Å²) in [7, 11) is 3.55. The van der Waals surface area contributed by atoms with Gasteiger partial charge in [0.1, 0.15) is 5.82 Å². The summed E-state index contributed by atoms with van der Waals surface area (Å²) in [6.07, 6.45) is 4.28. The predicted octanol–water partition coefficient (Wildman–Crippen LogP) is 3.74. The number of benzene rings is 1. The number of halogens is 1. The van der Waals surface area contributed by atoms with Gasteiger partial charge in [-0.25, -0.2) is 4.98 Å². The van der Waals surface area contributed by atoms with E-state index in [4.69, 9.17) is 16.3 Å². The number of ether oxygens (including phenoxy) is 1. The number of methoxy groups -OCH3 is 1. The first-order valence-electron chi connectivity index (χ1n) is 8.34. The summed E-state index contributed by atoms with van der Waals surface area (Å²) in [6, 6.07) is 9.37. The van der Waals surface area contributed by atoms with Crippen molar-refractivity contribution >= 4 is 39.9 Å². The Kier molecular flexibility index (Phi) is 5.75. The van der Waals surface area contributed by atoms with Crippen molar-refractivity contribution in [2.24, 2.45) is 7.05 Å². The van der Waals surface area contributed by atoms with Crippen molar-refractivity contribution in [3.8, 4) is 0 Å². The molecular weight excluding hydrogens is 352 g/mol. The van der Waals surface area contributed by atoms with Gasteiger partial charge in [0.2, 0.25) is 0 Å². The number of hydrogen-bond donors (Lipinski definition) is 2. The molecule has 0 aliphatic heterocycles. The average molecular weight is 373 g/mol. The summed E-state index contributed by atoms with van der Waals surface area (Å²) in [6.45, 7) is 1.17. The van der Waals surface area contributed by atoms with E-state index in [0.29, 0.717) is 29.6 Å². The first kappa shape index (κ1) is 18.2. The molecule has 3 rings (SSSR count). The molecular formula is C19H21ClN4O2. The molecule has 0 bridgehead atoms. The molecule has 2 heterocycles. The fourth-order valence-electron chi connectivity index (χ4n) is 2.80. The SMILES string of the molecule is COCCCNC(=O)c1cnc(Nc2cccc(Cl)c2)c2ccn(C)c12. The number of aryl methyl sites for hydroxylation is 1. The summed E-state index contributed by atoms with van der Waals surface area (Å²) in [5, 5.41) is 7.70. The van der Waals surface area contributed by atoms with Crippen LogP contribution in [0.5, 0.6) is 0 Å². The molecule has 0 saturated heterocycles. The van der Waals surface area contributed by atoms with E-state index in [1.165, 1.54) is 0 Å². The van der Waals surface area contributed by atoms with Crippen molar-refractivity contribution in [2.45, 2.75) is 6.42 Å². The van der Waals surface area contributed by atoms with Crippen molar-refractivity contribution in [1.29, 1.82) is 0 Å². The average Bonchev–Trinajstić information content (AvgIpc) is 3.01. The number of amides is 1. The van der Waals surface area contributed by atoms with Crippen LogP contribution in [0, 0.1) is 0 Å². The third-order valence-electron chi connectivity index (χ3n) is 4.05. The zero-order valence-electron chi connectivity index (χ0n) is 14.8. The molecule has 1 aromatic carbocycles. The van der Waals surface area contributed by atoms with E-state index in [-0.39, 0.29) is 5.91 Å². The summed E-state index contributed by atoms with van der Waals surface area (Å²) in [4.78, 5) is 17.0. The van der Waals surface area contributed by atoms with Crippen LogP contribution in [0.15, 0.2) is 42.7 Å². The highest BCUT2D eigenvalue weighted by Gasteiger charge is 2.16. The summed E-state index contributed by atoms with van der Waals surface area (Å²) < 4.78 is 6.92. The number of fused-ring (bicyclic) bond motifs is 1. The second-order valence-electron chi connectivity index (χ2n) is 5.95. The Balaban J connectivity index is 1.88. The van der Waals surface area contributed by atoms with Gasteiger partial charge < -0.3 is 19.9 Å². The van der Waals surface area contributed by atoms with Crippen LogP contribution in [0.3, 0.4) is 0 Å². The van der Waals surface area contributed by atoms with Gasteiger partial charge in [-0.1, -0.05) is 17.7 Å². The van der Waals surface area contributed by atoms with Gasteiger partial charge in [0, 0.05) is 55.8 Å². The number of carbonyl (C=O) groups excluding carboxylic acids is 1. The molecule has 0 spiro atoms. The zero-order chi connectivity index (χ0) is 18.5. The van der Waals surface area contributed by atoms with Crippen molar-refractivity contribution < 1.29 is 9.53 Å². The van der Waals surface area contributed by atoms with Crippen LogP contribution in [-0.2, 0) is 11.8 Å². The highest BCUT2D eigenvalue weighted by Crippen LogP contribution is 2.28. The van der Waals surface area contributed by atoms with Gasteiger partial charge in [0.05, 0.1) is 11.1 Å².